The van der Waals surface area contributed by atoms with Crippen molar-refractivity contribution in [1.29, 1.82) is 0 Å². The molecule has 0 atom stereocenters. The summed E-state index contributed by atoms with van der Waals surface area (Å²) in [6.07, 6.45) is 2.73. The highest BCUT2D eigenvalue weighted by atomic mass is 16.4. The molecule has 80 valence electrons. The molecule has 2 heterocycles. The molecular weight excluding hydrogens is 194 g/mol. The van der Waals surface area contributed by atoms with E-state index in [4.69, 9.17) is 9.52 Å². The van der Waals surface area contributed by atoms with E-state index in [1.807, 2.05) is 0 Å². The summed E-state index contributed by atoms with van der Waals surface area (Å²) >= 11 is 0. The van der Waals surface area contributed by atoms with Crippen molar-refractivity contribution in [1.82, 2.24) is 4.90 Å². The number of hydrogen-bond acceptors (Lipinski definition) is 3. The van der Waals surface area contributed by atoms with E-state index < -0.39 is 5.97 Å². The van der Waals surface area contributed by atoms with Gasteiger partial charge in [-0.15, -0.1) is 0 Å². The number of carboxylic acid groups (broad SMARTS) is 1. The van der Waals surface area contributed by atoms with Crippen LogP contribution in [-0.4, -0.2) is 29.1 Å². The Labute approximate surface area is 87.5 Å². The van der Waals surface area contributed by atoms with Crippen molar-refractivity contribution < 1.29 is 14.3 Å². The van der Waals surface area contributed by atoms with E-state index in [-0.39, 0.29) is 5.76 Å². The minimum atomic E-state index is -0.997. The van der Waals surface area contributed by atoms with Crippen molar-refractivity contribution in [2.24, 2.45) is 5.41 Å². The van der Waals surface area contributed by atoms with Crippen LogP contribution in [0.2, 0.25) is 0 Å². The molecule has 0 bridgehead atoms. The minimum Gasteiger partial charge on any atom is -0.475 e. The van der Waals surface area contributed by atoms with Gasteiger partial charge in [-0.05, 0) is 30.4 Å². The van der Waals surface area contributed by atoms with Gasteiger partial charge in [0, 0.05) is 13.1 Å². The summed E-state index contributed by atoms with van der Waals surface area (Å²) in [4.78, 5) is 12.9. The lowest BCUT2D eigenvalue weighted by Crippen LogP contribution is -2.47. The van der Waals surface area contributed by atoms with E-state index in [0.29, 0.717) is 5.41 Å². The topological polar surface area (TPSA) is 53.7 Å². The number of hydrogen-bond donors (Lipinski definition) is 1. The van der Waals surface area contributed by atoms with Crippen LogP contribution in [0.1, 0.15) is 29.2 Å². The van der Waals surface area contributed by atoms with Gasteiger partial charge in [-0.2, -0.15) is 0 Å². The van der Waals surface area contributed by atoms with Crippen LogP contribution >= 0.6 is 0 Å². The third-order valence-corrected chi connectivity index (χ3v) is 3.33. The lowest BCUT2D eigenvalue weighted by molar-refractivity contribution is 0.0603. The highest BCUT2D eigenvalue weighted by Gasteiger charge is 2.51. The molecule has 1 aliphatic carbocycles. The molecular formula is C11H13NO3. The third-order valence-electron chi connectivity index (χ3n) is 3.33. The maximum Gasteiger partial charge on any atom is 0.371 e. The highest BCUT2D eigenvalue weighted by molar-refractivity contribution is 5.84. The highest BCUT2D eigenvalue weighted by Crippen LogP contribution is 2.53. The summed E-state index contributed by atoms with van der Waals surface area (Å²) in [5, 5.41) is 8.69. The van der Waals surface area contributed by atoms with E-state index in [0.717, 1.165) is 25.4 Å². The molecule has 1 aromatic heterocycles. The van der Waals surface area contributed by atoms with Crippen LogP contribution in [0, 0.1) is 5.41 Å². The van der Waals surface area contributed by atoms with Crippen LogP contribution in [0.5, 0.6) is 0 Å². The molecule has 2 aliphatic rings. The second-order valence-corrected chi connectivity index (χ2v) is 4.72. The summed E-state index contributed by atoms with van der Waals surface area (Å²) in [6.45, 7) is 3.04. The van der Waals surface area contributed by atoms with Gasteiger partial charge >= 0.3 is 5.97 Å². The zero-order valence-electron chi connectivity index (χ0n) is 8.40. The lowest BCUT2D eigenvalue weighted by Gasteiger charge is -2.39. The first-order chi connectivity index (χ1) is 7.17. The molecule has 1 saturated carbocycles. The van der Waals surface area contributed by atoms with Crippen molar-refractivity contribution in [2.45, 2.75) is 19.4 Å². The van der Waals surface area contributed by atoms with Crippen molar-refractivity contribution >= 4 is 5.97 Å². The summed E-state index contributed by atoms with van der Waals surface area (Å²) in [5.74, 6) is -0.210. The smallest absolute Gasteiger partial charge is 0.371 e. The standard InChI is InChI=1S/C11H13NO3/c13-10(14)9-2-1-8(15-9)5-12-6-11(7-12)3-4-11/h1-2H,3-7H2,(H,13,14). The number of carbonyl (C=O) groups is 1. The Morgan fingerprint density at radius 2 is 2.20 bits per heavy atom. The number of aromatic carboxylic acids is 1. The van der Waals surface area contributed by atoms with Crippen molar-refractivity contribution in [2.75, 3.05) is 13.1 Å². The number of carboxylic acids is 1. The summed E-state index contributed by atoms with van der Waals surface area (Å²) in [6, 6.07) is 3.27. The molecule has 0 radical (unpaired) electrons. The Morgan fingerprint density at radius 1 is 1.47 bits per heavy atom. The maximum absolute atomic E-state index is 10.6. The van der Waals surface area contributed by atoms with Gasteiger partial charge in [-0.1, -0.05) is 0 Å². The fourth-order valence-electron chi connectivity index (χ4n) is 2.31. The van der Waals surface area contributed by atoms with Gasteiger partial charge in [0.2, 0.25) is 5.76 Å². The molecule has 0 aromatic carbocycles. The fourth-order valence-corrected chi connectivity index (χ4v) is 2.31. The predicted octanol–water partition coefficient (Wildman–Crippen LogP) is 1.57. The summed E-state index contributed by atoms with van der Waals surface area (Å²) < 4.78 is 5.20. The van der Waals surface area contributed by atoms with Crippen molar-refractivity contribution in [3.8, 4) is 0 Å². The first kappa shape index (κ1) is 8.97. The van der Waals surface area contributed by atoms with E-state index in [1.54, 1.807) is 6.07 Å². The van der Waals surface area contributed by atoms with Gasteiger partial charge in [0.15, 0.2) is 0 Å². The second kappa shape index (κ2) is 2.85. The maximum atomic E-state index is 10.6. The first-order valence-electron chi connectivity index (χ1n) is 5.21. The van der Waals surface area contributed by atoms with E-state index in [9.17, 15) is 4.79 Å². The van der Waals surface area contributed by atoms with Crippen molar-refractivity contribution in [3.63, 3.8) is 0 Å². The first-order valence-corrected chi connectivity index (χ1v) is 5.21. The molecule has 1 aromatic rings. The molecule has 1 spiro atoms. The molecule has 1 N–H and O–H groups in total. The van der Waals surface area contributed by atoms with Crippen LogP contribution in [0.3, 0.4) is 0 Å². The van der Waals surface area contributed by atoms with E-state index in [2.05, 4.69) is 4.90 Å². The summed E-state index contributed by atoms with van der Waals surface area (Å²) in [5.41, 5.74) is 0.641. The number of likely N-dealkylation sites (tertiary alicyclic amines) is 1. The minimum absolute atomic E-state index is 0.0339. The largest absolute Gasteiger partial charge is 0.475 e. The third kappa shape index (κ3) is 1.55. The molecule has 15 heavy (non-hydrogen) atoms. The van der Waals surface area contributed by atoms with E-state index in [1.165, 1.54) is 18.9 Å². The Bertz CT molecular complexity index is 398. The van der Waals surface area contributed by atoms with Crippen LogP contribution in [0.25, 0.3) is 0 Å². The number of furan rings is 1. The Morgan fingerprint density at radius 3 is 2.73 bits per heavy atom. The number of rotatable bonds is 3. The summed E-state index contributed by atoms with van der Waals surface area (Å²) in [7, 11) is 0. The lowest BCUT2D eigenvalue weighted by atomic mass is 9.97. The molecule has 1 saturated heterocycles. The zero-order valence-corrected chi connectivity index (χ0v) is 8.40. The fraction of sp³-hybridized carbons (Fsp3) is 0.545. The predicted molar refractivity (Wildman–Crippen MR) is 52.6 cm³/mol. The van der Waals surface area contributed by atoms with Crippen molar-refractivity contribution in [3.05, 3.63) is 23.7 Å². The molecule has 1 aliphatic heterocycles. The van der Waals surface area contributed by atoms with Gasteiger partial charge in [-0.25, -0.2) is 4.79 Å². The van der Waals surface area contributed by atoms with Gasteiger partial charge in [0.1, 0.15) is 5.76 Å². The molecule has 4 heteroatoms. The molecule has 0 amide bonds. The Hall–Kier alpha value is -1.29. The van der Waals surface area contributed by atoms with Gasteiger partial charge in [-0.3, -0.25) is 4.90 Å². The second-order valence-electron chi connectivity index (χ2n) is 4.72. The number of nitrogens with zero attached hydrogens (tertiary/aromatic N) is 1. The normalized spacial score (nSPS) is 22.7. The van der Waals surface area contributed by atoms with Gasteiger partial charge < -0.3 is 9.52 Å². The van der Waals surface area contributed by atoms with E-state index >= 15 is 0 Å². The van der Waals surface area contributed by atoms with Gasteiger partial charge in [0.05, 0.1) is 6.54 Å². The average Bonchev–Trinajstić information content (AvgIpc) is 2.76. The van der Waals surface area contributed by atoms with Crippen LogP contribution in [0.4, 0.5) is 0 Å². The monoisotopic (exact) mass is 207 g/mol. The zero-order chi connectivity index (χ0) is 10.5. The quantitative estimate of drug-likeness (QED) is 0.817. The van der Waals surface area contributed by atoms with Gasteiger partial charge in [0.25, 0.3) is 0 Å². The van der Waals surface area contributed by atoms with Crippen LogP contribution in [-0.2, 0) is 6.54 Å². The van der Waals surface area contributed by atoms with Crippen LogP contribution in [0.15, 0.2) is 16.5 Å². The average molecular weight is 207 g/mol. The SMILES string of the molecule is O=C(O)c1ccc(CN2CC3(CC3)C2)o1. The Kier molecular flexibility index (Phi) is 1.71. The molecule has 2 fully saturated rings. The van der Waals surface area contributed by atoms with Crippen LogP contribution < -0.4 is 0 Å². The molecule has 4 nitrogen and oxygen atoms in total. The molecule has 3 rings (SSSR count). The molecule has 0 unspecified atom stereocenters. The Balaban J connectivity index is 1.60.